The fourth-order valence-electron chi connectivity index (χ4n) is 5.19. The van der Waals surface area contributed by atoms with E-state index in [9.17, 15) is 20.3 Å². The van der Waals surface area contributed by atoms with Crippen LogP contribution in [-0.4, -0.2) is 89.1 Å². The van der Waals surface area contributed by atoms with Crippen molar-refractivity contribution in [2.45, 2.75) is 102 Å². The molecule has 13 heteroatoms. The van der Waals surface area contributed by atoms with E-state index in [1.54, 1.807) is 33.8 Å². The van der Waals surface area contributed by atoms with Crippen LogP contribution in [0.15, 0.2) is 18.2 Å². The van der Waals surface area contributed by atoms with Crippen LogP contribution in [0, 0.1) is 10.1 Å². The van der Waals surface area contributed by atoms with Crippen LogP contribution in [0.4, 0.5) is 5.69 Å². The second kappa shape index (κ2) is 10.1. The van der Waals surface area contributed by atoms with E-state index in [1.165, 1.54) is 12.1 Å². The molecule has 13 nitrogen and oxygen atoms in total. The third kappa shape index (κ3) is 5.52. The molecule has 4 aliphatic rings. The highest BCUT2D eigenvalue weighted by Crippen LogP contribution is 2.40. The molecule has 0 radical (unpaired) electrons. The van der Waals surface area contributed by atoms with Gasteiger partial charge >= 0.3 is 0 Å². The fraction of sp³-hybridized carbons (Fsp3) is 0.750. The summed E-state index contributed by atoms with van der Waals surface area (Å²) in [7, 11) is 0. The predicted molar refractivity (Wildman–Crippen MR) is 122 cm³/mol. The van der Waals surface area contributed by atoms with Crippen molar-refractivity contribution in [2.24, 2.45) is 0 Å². The summed E-state index contributed by atoms with van der Waals surface area (Å²) >= 11 is 0. The molecule has 5 rings (SSSR count). The number of aliphatic hydroxyl groups excluding tert-OH is 2. The third-order valence-corrected chi connectivity index (χ3v) is 6.67. The lowest BCUT2D eigenvalue weighted by Crippen LogP contribution is -2.38. The summed E-state index contributed by atoms with van der Waals surface area (Å²) < 4.78 is 46.7. The van der Waals surface area contributed by atoms with Crippen molar-refractivity contribution in [3.05, 3.63) is 39.4 Å². The van der Waals surface area contributed by atoms with E-state index in [2.05, 4.69) is 0 Å². The van der Waals surface area contributed by atoms with E-state index in [1.807, 2.05) is 0 Å². The molecule has 1 aromatic rings. The standard InChI is InChI=1S/C24H33NO12/c1-23(2)34-19-17(15(8-26)32-21(19)36-23)30-10-12-5-13(7-14(6-12)25(28)29)11-31-18-16(9-27)33-22-20(18)35-24(3,4)37-22/h5-7,15-22,26-27H,8-11H2,1-4H3/t15-,16-,17+,18+,19-,20-,21-,22-/m1/s1. The number of aliphatic hydroxyl groups is 2. The van der Waals surface area contributed by atoms with E-state index >= 15 is 0 Å². The number of nitro benzene ring substituents is 1. The predicted octanol–water partition coefficient (Wildman–Crippen LogP) is 1.10. The Bertz CT molecular complexity index is 934. The fourth-order valence-corrected chi connectivity index (χ4v) is 5.19. The zero-order valence-electron chi connectivity index (χ0n) is 21.1. The smallest absolute Gasteiger partial charge is 0.270 e. The first-order valence-corrected chi connectivity index (χ1v) is 12.2. The second-order valence-corrected chi connectivity index (χ2v) is 10.5. The first-order valence-electron chi connectivity index (χ1n) is 12.2. The summed E-state index contributed by atoms with van der Waals surface area (Å²) in [6.45, 7) is 6.47. The lowest BCUT2D eigenvalue weighted by molar-refractivity contribution is -0.385. The quantitative estimate of drug-likeness (QED) is 0.349. The molecule has 2 N–H and O–H groups in total. The van der Waals surface area contributed by atoms with Crippen LogP contribution in [0.25, 0.3) is 0 Å². The van der Waals surface area contributed by atoms with Gasteiger partial charge in [-0.2, -0.15) is 0 Å². The van der Waals surface area contributed by atoms with E-state index in [-0.39, 0.29) is 32.1 Å². The van der Waals surface area contributed by atoms with E-state index in [0.717, 1.165) is 0 Å². The Balaban J connectivity index is 1.28. The highest BCUT2D eigenvalue weighted by molar-refractivity contribution is 5.39. The zero-order chi connectivity index (χ0) is 26.5. The number of nitrogens with zero attached hydrogens (tertiary/aromatic N) is 1. The van der Waals surface area contributed by atoms with Gasteiger partial charge in [0.1, 0.15) is 36.6 Å². The van der Waals surface area contributed by atoms with Gasteiger partial charge in [0.25, 0.3) is 5.69 Å². The molecule has 206 valence electrons. The second-order valence-electron chi connectivity index (χ2n) is 10.5. The van der Waals surface area contributed by atoms with Gasteiger partial charge in [-0.1, -0.05) is 6.07 Å². The Labute approximate surface area is 213 Å². The largest absolute Gasteiger partial charge is 0.394 e. The van der Waals surface area contributed by atoms with Gasteiger partial charge in [0.05, 0.1) is 31.4 Å². The van der Waals surface area contributed by atoms with Crippen molar-refractivity contribution < 1.29 is 53.0 Å². The van der Waals surface area contributed by atoms with Crippen molar-refractivity contribution in [1.29, 1.82) is 0 Å². The number of ether oxygens (including phenoxy) is 8. The molecule has 1 aromatic carbocycles. The monoisotopic (exact) mass is 527 g/mol. The van der Waals surface area contributed by atoms with E-state index < -0.39 is 65.7 Å². The maximum atomic E-state index is 11.6. The Hall–Kier alpha value is -1.78. The van der Waals surface area contributed by atoms with Gasteiger partial charge in [-0.15, -0.1) is 0 Å². The minimum absolute atomic E-state index is 0.00780. The van der Waals surface area contributed by atoms with Gasteiger partial charge in [0.2, 0.25) is 0 Å². The molecule has 0 saturated carbocycles. The Morgan fingerprint density at radius 1 is 0.811 bits per heavy atom. The van der Waals surface area contributed by atoms with Crippen molar-refractivity contribution in [3.63, 3.8) is 0 Å². The molecule has 0 spiro atoms. The van der Waals surface area contributed by atoms with Crippen LogP contribution in [0.2, 0.25) is 0 Å². The molecule has 8 atom stereocenters. The number of nitro groups is 1. The van der Waals surface area contributed by atoms with Gasteiger partial charge in [-0.3, -0.25) is 10.1 Å². The molecule has 4 heterocycles. The molecule has 4 aliphatic heterocycles. The maximum absolute atomic E-state index is 11.6. The van der Waals surface area contributed by atoms with Crippen molar-refractivity contribution in [2.75, 3.05) is 13.2 Å². The summed E-state index contributed by atoms with van der Waals surface area (Å²) in [5, 5.41) is 31.1. The molecule has 0 aliphatic carbocycles. The summed E-state index contributed by atoms with van der Waals surface area (Å²) in [4.78, 5) is 11.1. The third-order valence-electron chi connectivity index (χ3n) is 6.67. The number of hydrogen-bond donors (Lipinski definition) is 2. The lowest BCUT2D eigenvalue weighted by Gasteiger charge is -2.25. The van der Waals surface area contributed by atoms with Gasteiger partial charge in [0.15, 0.2) is 24.2 Å². The minimum Gasteiger partial charge on any atom is -0.394 e. The van der Waals surface area contributed by atoms with Crippen molar-refractivity contribution in [1.82, 2.24) is 0 Å². The number of non-ortho nitro benzene ring substituents is 1. The van der Waals surface area contributed by atoms with Crippen LogP contribution in [0.3, 0.4) is 0 Å². The summed E-state index contributed by atoms with van der Waals surface area (Å²) in [6.07, 6.45) is -5.00. The normalized spacial score (nSPS) is 37.6. The molecular formula is C24H33NO12. The molecule has 4 saturated heterocycles. The van der Waals surface area contributed by atoms with E-state index in [4.69, 9.17) is 37.9 Å². The number of fused-ring (bicyclic) bond motifs is 2. The van der Waals surface area contributed by atoms with Crippen LogP contribution < -0.4 is 0 Å². The van der Waals surface area contributed by atoms with Gasteiger partial charge in [0, 0.05) is 12.1 Å². The molecule has 4 fully saturated rings. The molecular weight excluding hydrogens is 494 g/mol. The Kier molecular flexibility index (Phi) is 7.30. The number of benzene rings is 1. The minimum atomic E-state index is -0.855. The van der Waals surface area contributed by atoms with Crippen LogP contribution >= 0.6 is 0 Å². The summed E-state index contributed by atoms with van der Waals surface area (Å²) in [5.74, 6) is -1.71. The molecule has 0 amide bonds. The van der Waals surface area contributed by atoms with Crippen LogP contribution in [0.1, 0.15) is 38.8 Å². The topological polar surface area (TPSA) is 157 Å². The zero-order valence-corrected chi connectivity index (χ0v) is 21.1. The van der Waals surface area contributed by atoms with Crippen LogP contribution in [0.5, 0.6) is 0 Å². The SMILES string of the molecule is CC1(C)O[C@H]2O[C@H](CO)[C@H](OCc3cc(CO[C@@H]4[C@H]5OC(C)(C)O[C@H]5O[C@@H]4CO)cc([N+](=O)[O-])c3)[C@H]2O1. The lowest BCUT2D eigenvalue weighted by atomic mass is 10.1. The number of hydrogen-bond acceptors (Lipinski definition) is 12. The van der Waals surface area contributed by atoms with Crippen molar-refractivity contribution >= 4 is 5.69 Å². The van der Waals surface area contributed by atoms with Crippen molar-refractivity contribution in [3.8, 4) is 0 Å². The highest BCUT2D eigenvalue weighted by Gasteiger charge is 2.56. The van der Waals surface area contributed by atoms with Gasteiger partial charge in [-0.05, 0) is 38.8 Å². The Morgan fingerprint density at radius 2 is 1.24 bits per heavy atom. The highest BCUT2D eigenvalue weighted by atomic mass is 16.9. The van der Waals surface area contributed by atoms with Crippen LogP contribution in [-0.2, 0) is 51.1 Å². The first kappa shape index (κ1) is 26.8. The molecule has 0 bridgehead atoms. The molecule has 0 aromatic heterocycles. The maximum Gasteiger partial charge on any atom is 0.270 e. The van der Waals surface area contributed by atoms with Gasteiger partial charge in [-0.25, -0.2) is 0 Å². The number of rotatable bonds is 9. The average molecular weight is 528 g/mol. The molecule has 37 heavy (non-hydrogen) atoms. The first-order chi connectivity index (χ1) is 17.5. The van der Waals surface area contributed by atoms with E-state index in [0.29, 0.717) is 11.1 Å². The Morgan fingerprint density at radius 3 is 1.62 bits per heavy atom. The molecule has 0 unspecified atom stereocenters. The summed E-state index contributed by atoms with van der Waals surface area (Å²) in [6, 6.07) is 4.58. The average Bonchev–Trinajstić information content (AvgIpc) is 3.50. The van der Waals surface area contributed by atoms with Gasteiger partial charge < -0.3 is 48.1 Å². The summed E-state index contributed by atoms with van der Waals surface area (Å²) in [5.41, 5.74) is 0.945.